The minimum absolute atomic E-state index is 0.0257. The number of hydrogen-bond donors (Lipinski definition) is 2. The summed E-state index contributed by atoms with van der Waals surface area (Å²) in [5.74, 6) is -0.353. The van der Waals surface area contributed by atoms with E-state index in [1.807, 2.05) is 12.1 Å². The van der Waals surface area contributed by atoms with Gasteiger partial charge in [0.2, 0.25) is 0 Å². The van der Waals surface area contributed by atoms with E-state index in [4.69, 9.17) is 19.0 Å². The van der Waals surface area contributed by atoms with Gasteiger partial charge in [0.05, 0.1) is 19.3 Å². The average molecular weight is 392 g/mol. The number of Topliss-reactive ketones (excluding diaryl/α,β-unsaturated/α-hetero) is 1. The number of carbonyl (C=O) groups excluding carboxylic acids is 2. The number of hydrogen-bond acceptors (Lipinski definition) is 7. The van der Waals surface area contributed by atoms with Gasteiger partial charge in [-0.05, 0) is 42.5 Å². The van der Waals surface area contributed by atoms with Crippen LogP contribution in [-0.4, -0.2) is 58.1 Å². The summed E-state index contributed by atoms with van der Waals surface area (Å²) in [5.41, 5.74) is 4.84. The molecule has 3 rings (SSSR count). The molecule has 0 bridgehead atoms. The number of nitrogens with one attached hydrogen (secondary N) is 2. The molecule has 0 aliphatic carbocycles. The first-order valence-corrected chi connectivity index (χ1v) is 9.72. The van der Waals surface area contributed by atoms with E-state index in [2.05, 4.69) is 10.8 Å². The number of methoxy groups -OCH3 is 1. The summed E-state index contributed by atoms with van der Waals surface area (Å²) < 4.78 is 15.7. The van der Waals surface area contributed by atoms with Crippen LogP contribution in [0.1, 0.15) is 46.8 Å². The Morgan fingerprint density at radius 2 is 2.18 bits per heavy atom. The second kappa shape index (κ2) is 10.6. The molecule has 2 heterocycles. The molecule has 1 fully saturated rings. The molecule has 0 aromatic heterocycles. The molecule has 0 spiro atoms. The molecular formula is C20H28N2O6. The van der Waals surface area contributed by atoms with Gasteiger partial charge < -0.3 is 19.5 Å². The monoisotopic (exact) mass is 392 g/mol. The lowest BCUT2D eigenvalue weighted by Gasteiger charge is -2.26. The summed E-state index contributed by atoms with van der Waals surface area (Å²) in [6.07, 6.45) is 3.17. The maximum atomic E-state index is 12.5. The molecule has 1 saturated heterocycles. The number of hydroxylamine groups is 1. The first-order chi connectivity index (χ1) is 13.7. The Morgan fingerprint density at radius 1 is 1.29 bits per heavy atom. The van der Waals surface area contributed by atoms with Crippen LogP contribution in [0.3, 0.4) is 0 Å². The van der Waals surface area contributed by atoms with E-state index in [1.165, 1.54) is 0 Å². The van der Waals surface area contributed by atoms with Crippen LogP contribution in [0.5, 0.6) is 0 Å². The van der Waals surface area contributed by atoms with Gasteiger partial charge in [-0.15, -0.1) is 0 Å². The largest absolute Gasteiger partial charge is 0.382 e. The highest BCUT2D eigenvalue weighted by Gasteiger charge is 2.27. The standard InChI is InChI=1S/C20H28N2O6/c1-25-10-11-26-13-17(23)19-16-6-5-15(12-14(16)7-8-21-19)20(24)22-28-18-4-2-3-9-27-18/h5-6,12,18-19,21H,2-4,7-11,13H2,1H3,(H,22,24). The van der Waals surface area contributed by atoms with Gasteiger partial charge in [-0.1, -0.05) is 6.07 Å². The third kappa shape index (κ3) is 5.59. The maximum Gasteiger partial charge on any atom is 0.274 e. The SMILES string of the molecule is COCCOCC(=O)C1NCCc2cc(C(=O)NOC3CCCCO3)ccc21. The van der Waals surface area contributed by atoms with Crippen molar-refractivity contribution >= 4 is 11.7 Å². The van der Waals surface area contributed by atoms with Crippen LogP contribution >= 0.6 is 0 Å². The zero-order chi connectivity index (χ0) is 19.8. The topological polar surface area (TPSA) is 95.1 Å². The van der Waals surface area contributed by atoms with Crippen molar-refractivity contribution in [3.8, 4) is 0 Å². The van der Waals surface area contributed by atoms with Crippen molar-refractivity contribution in [2.24, 2.45) is 0 Å². The third-order valence-corrected chi connectivity index (χ3v) is 4.88. The lowest BCUT2D eigenvalue weighted by molar-refractivity contribution is -0.186. The predicted molar refractivity (Wildman–Crippen MR) is 101 cm³/mol. The summed E-state index contributed by atoms with van der Waals surface area (Å²) >= 11 is 0. The highest BCUT2D eigenvalue weighted by molar-refractivity contribution is 5.94. The summed E-state index contributed by atoms with van der Waals surface area (Å²) in [7, 11) is 1.59. The maximum absolute atomic E-state index is 12.5. The quantitative estimate of drug-likeness (QED) is 0.483. The predicted octanol–water partition coefficient (Wildman–Crippen LogP) is 1.29. The van der Waals surface area contributed by atoms with Crippen LogP contribution in [0, 0.1) is 0 Å². The van der Waals surface area contributed by atoms with E-state index in [0.717, 1.165) is 36.8 Å². The Balaban J connectivity index is 1.58. The fourth-order valence-corrected chi connectivity index (χ4v) is 3.37. The van der Waals surface area contributed by atoms with Crippen LogP contribution in [0.15, 0.2) is 18.2 Å². The van der Waals surface area contributed by atoms with Crippen molar-refractivity contribution in [1.29, 1.82) is 0 Å². The molecule has 154 valence electrons. The zero-order valence-electron chi connectivity index (χ0n) is 16.2. The molecule has 2 atom stereocenters. The van der Waals surface area contributed by atoms with Crippen LogP contribution in [0.25, 0.3) is 0 Å². The molecule has 28 heavy (non-hydrogen) atoms. The molecule has 8 heteroatoms. The molecule has 2 unspecified atom stereocenters. The summed E-state index contributed by atoms with van der Waals surface area (Å²) in [4.78, 5) is 30.2. The van der Waals surface area contributed by atoms with Crippen molar-refractivity contribution in [1.82, 2.24) is 10.8 Å². The third-order valence-electron chi connectivity index (χ3n) is 4.88. The molecule has 0 saturated carbocycles. The minimum Gasteiger partial charge on any atom is -0.382 e. The summed E-state index contributed by atoms with van der Waals surface area (Å²) in [6, 6.07) is 4.93. The van der Waals surface area contributed by atoms with Gasteiger partial charge in [0.25, 0.3) is 5.91 Å². The van der Waals surface area contributed by atoms with E-state index >= 15 is 0 Å². The Kier molecular flexibility index (Phi) is 7.93. The Labute approximate surface area is 164 Å². The molecule has 2 aliphatic rings. The second-order valence-electron chi connectivity index (χ2n) is 6.91. The van der Waals surface area contributed by atoms with E-state index in [-0.39, 0.29) is 24.6 Å². The molecule has 1 amide bonds. The van der Waals surface area contributed by atoms with Gasteiger partial charge in [0.1, 0.15) is 6.61 Å². The molecule has 0 radical (unpaired) electrons. The fraction of sp³-hybridized carbons (Fsp3) is 0.600. The number of fused-ring (bicyclic) bond motifs is 1. The van der Waals surface area contributed by atoms with Crippen molar-refractivity contribution in [3.63, 3.8) is 0 Å². The van der Waals surface area contributed by atoms with E-state index in [1.54, 1.807) is 13.2 Å². The molecule has 2 aliphatic heterocycles. The molecule has 1 aromatic carbocycles. The lowest BCUT2D eigenvalue weighted by Crippen LogP contribution is -2.37. The van der Waals surface area contributed by atoms with Gasteiger partial charge in [0, 0.05) is 32.2 Å². The van der Waals surface area contributed by atoms with Gasteiger partial charge in [0.15, 0.2) is 12.1 Å². The highest BCUT2D eigenvalue weighted by atomic mass is 16.8. The number of carbonyl (C=O) groups is 2. The number of benzene rings is 1. The van der Waals surface area contributed by atoms with Gasteiger partial charge in [-0.2, -0.15) is 0 Å². The fourth-order valence-electron chi connectivity index (χ4n) is 3.37. The van der Waals surface area contributed by atoms with Crippen LogP contribution < -0.4 is 10.8 Å². The van der Waals surface area contributed by atoms with E-state index in [0.29, 0.717) is 31.9 Å². The summed E-state index contributed by atoms with van der Waals surface area (Å²) in [6.45, 7) is 2.17. The molecular weight excluding hydrogens is 364 g/mol. The lowest BCUT2D eigenvalue weighted by atomic mass is 9.90. The minimum atomic E-state index is -0.421. The van der Waals surface area contributed by atoms with Crippen molar-refractivity contribution in [2.75, 3.05) is 40.1 Å². The first kappa shape index (κ1) is 20.9. The first-order valence-electron chi connectivity index (χ1n) is 9.72. The van der Waals surface area contributed by atoms with Crippen LogP contribution in [0.4, 0.5) is 0 Å². The second-order valence-corrected chi connectivity index (χ2v) is 6.91. The Bertz CT molecular complexity index is 675. The smallest absolute Gasteiger partial charge is 0.274 e. The average Bonchev–Trinajstić information content (AvgIpc) is 2.74. The van der Waals surface area contributed by atoms with E-state index in [9.17, 15) is 9.59 Å². The van der Waals surface area contributed by atoms with E-state index < -0.39 is 6.04 Å². The summed E-state index contributed by atoms with van der Waals surface area (Å²) in [5, 5.41) is 3.23. The van der Waals surface area contributed by atoms with Gasteiger partial charge in [-0.3, -0.25) is 9.59 Å². The number of ketones is 1. The van der Waals surface area contributed by atoms with Gasteiger partial charge >= 0.3 is 0 Å². The number of ether oxygens (including phenoxy) is 3. The normalized spacial score (nSPS) is 21.8. The molecule has 8 nitrogen and oxygen atoms in total. The number of rotatable bonds is 9. The van der Waals surface area contributed by atoms with Crippen molar-refractivity contribution in [3.05, 3.63) is 34.9 Å². The Hall–Kier alpha value is -1.84. The highest BCUT2D eigenvalue weighted by Crippen LogP contribution is 2.25. The van der Waals surface area contributed by atoms with Crippen LogP contribution in [0.2, 0.25) is 0 Å². The van der Waals surface area contributed by atoms with Crippen LogP contribution in [-0.2, 0) is 30.3 Å². The molecule has 1 aromatic rings. The van der Waals surface area contributed by atoms with Crippen molar-refractivity contribution in [2.45, 2.75) is 38.0 Å². The molecule has 2 N–H and O–H groups in total. The van der Waals surface area contributed by atoms with Crippen molar-refractivity contribution < 1.29 is 28.6 Å². The van der Waals surface area contributed by atoms with Gasteiger partial charge in [-0.25, -0.2) is 10.3 Å². The zero-order valence-corrected chi connectivity index (χ0v) is 16.2. The Morgan fingerprint density at radius 3 is 2.96 bits per heavy atom. The number of amides is 1.